The first kappa shape index (κ1) is 5.31. The predicted molar refractivity (Wildman–Crippen MR) is 68.5 cm³/mol. The normalized spacial score (nSPS) is 14.9. The number of fused-ring (bicyclic) bond motifs is 1. The van der Waals surface area contributed by atoms with E-state index in [1.165, 1.54) is 0 Å². The Kier molecular flexibility index (Phi) is 1.27. The molecule has 1 aromatic rings. The summed E-state index contributed by atoms with van der Waals surface area (Å²) in [4.78, 5) is 0. The summed E-state index contributed by atoms with van der Waals surface area (Å²) in [5, 5.41) is 0. The fraction of sp³-hybridized carbons (Fsp3) is 0. The van der Waals surface area contributed by atoms with Crippen LogP contribution in [0.3, 0.4) is 0 Å². The van der Waals surface area contributed by atoms with Crippen molar-refractivity contribution >= 4 is 0 Å². The summed E-state index contributed by atoms with van der Waals surface area (Å²) in [6, 6.07) is 11.8. The van der Waals surface area contributed by atoms with Gasteiger partial charge in [0.15, 0.2) is 0 Å². The molecule has 0 aromatic heterocycles. The molecule has 76 valence electrons. The van der Waals surface area contributed by atoms with E-state index in [0.29, 0.717) is 5.56 Å². The van der Waals surface area contributed by atoms with Gasteiger partial charge in [0.25, 0.3) is 0 Å². The van der Waals surface area contributed by atoms with E-state index in [9.17, 15) is 0 Å². The van der Waals surface area contributed by atoms with Gasteiger partial charge in [-0.25, -0.2) is 0 Å². The van der Waals surface area contributed by atoms with E-state index < -0.39 is 0 Å². The first-order valence-electron chi connectivity index (χ1n) is 7.57. The summed E-state index contributed by atoms with van der Waals surface area (Å²) < 4.78 is 39.4. The van der Waals surface area contributed by atoms with Crippen LogP contribution in [-0.2, 0) is 0 Å². The smallest absolute Gasteiger partial charge is 0.0622 e. The zero-order valence-electron chi connectivity index (χ0n) is 13.5. The van der Waals surface area contributed by atoms with E-state index in [-0.39, 0.29) is 35.8 Å². The highest BCUT2D eigenvalue weighted by atomic mass is 14.1. The van der Waals surface area contributed by atoms with Gasteiger partial charge in [0.1, 0.15) is 0 Å². The van der Waals surface area contributed by atoms with Gasteiger partial charge in [-0.1, -0.05) is 72.7 Å². The second kappa shape index (κ2) is 3.82. The van der Waals surface area contributed by atoms with Crippen LogP contribution in [0.2, 0.25) is 0 Å². The first-order valence-corrected chi connectivity index (χ1v) is 5.07. The maximum absolute atomic E-state index is 8.09. The van der Waals surface area contributed by atoms with Crippen molar-refractivity contribution in [3.8, 4) is 22.3 Å². The summed E-state index contributed by atoms with van der Waals surface area (Å²) in [5.74, 6) is 0. The molecular weight excluding hydrogens is 192 g/mol. The van der Waals surface area contributed by atoms with Crippen LogP contribution in [0.1, 0.15) is 6.85 Å². The van der Waals surface area contributed by atoms with Crippen molar-refractivity contribution in [2.75, 3.05) is 0 Å². The first-order chi connectivity index (χ1) is 10.0. The van der Waals surface area contributed by atoms with Crippen LogP contribution in [0.4, 0.5) is 0 Å². The average molecular weight is 209 g/mol. The fourth-order valence-electron chi connectivity index (χ4n) is 1.83. The number of benzene rings is 1. The number of hydrogen-bond donors (Lipinski definition) is 0. The number of hydrogen-bond acceptors (Lipinski definition) is 0. The molecule has 0 radical (unpaired) electrons. The highest BCUT2D eigenvalue weighted by molar-refractivity contribution is 5.84. The van der Waals surface area contributed by atoms with E-state index in [0.717, 1.165) is 11.1 Å². The lowest BCUT2D eigenvalue weighted by Crippen LogP contribution is -1.77. The summed E-state index contributed by atoms with van der Waals surface area (Å²) in [6.07, 6.45) is 0. The van der Waals surface area contributed by atoms with Gasteiger partial charge in [0.05, 0.1) is 6.85 Å². The minimum atomic E-state index is -0.368. The van der Waals surface area contributed by atoms with Gasteiger partial charge in [0.2, 0.25) is 0 Å². The Hall–Kier alpha value is -2.08. The van der Waals surface area contributed by atoms with Crippen molar-refractivity contribution in [3.05, 3.63) is 72.7 Å². The lowest BCUT2D eigenvalue weighted by atomic mass is 10.0. The molecule has 1 aromatic carbocycles. The summed E-state index contributed by atoms with van der Waals surface area (Å²) >= 11 is 0. The van der Waals surface area contributed by atoms with Gasteiger partial charge >= 0.3 is 0 Å². The lowest BCUT2D eigenvalue weighted by Gasteiger charge is -2.03. The van der Waals surface area contributed by atoms with Crippen molar-refractivity contribution < 1.29 is 6.85 Å². The minimum absolute atomic E-state index is 0.172. The summed E-state index contributed by atoms with van der Waals surface area (Å²) in [5.41, 5.74) is 2.74. The van der Waals surface area contributed by atoms with Crippen molar-refractivity contribution in [2.24, 2.45) is 0 Å². The molecule has 0 aliphatic heterocycles. The Labute approximate surface area is 103 Å². The van der Waals surface area contributed by atoms with Gasteiger partial charge in [-0.15, -0.1) is 0 Å². The summed E-state index contributed by atoms with van der Waals surface area (Å²) in [6.45, 7) is 0. The highest BCUT2D eigenvalue weighted by Gasteiger charge is 2.06. The molecule has 0 saturated carbocycles. The molecule has 0 nitrogen and oxygen atoms in total. The van der Waals surface area contributed by atoms with E-state index in [1.54, 1.807) is 6.07 Å². The summed E-state index contributed by atoms with van der Waals surface area (Å²) in [7, 11) is 0. The molecule has 0 unspecified atom stereocenters. The van der Waals surface area contributed by atoms with Gasteiger partial charge in [-0.3, -0.25) is 0 Å². The standard InChI is InChI=1S/C16H12/c1-2-7-13(8-3-1)15-11-5-4-9-14-10-6-12-16(14)15/h1-12H/i1D,2D,3D,7D,8D. The molecule has 0 saturated heterocycles. The molecule has 0 spiro atoms. The van der Waals surface area contributed by atoms with Crippen LogP contribution < -0.4 is 0 Å². The molecule has 0 heterocycles. The zero-order valence-corrected chi connectivity index (χ0v) is 8.54. The molecule has 3 rings (SSSR count). The molecule has 0 atom stereocenters. The Bertz CT molecular complexity index is 781. The van der Waals surface area contributed by atoms with E-state index in [1.807, 2.05) is 36.4 Å². The monoisotopic (exact) mass is 209 g/mol. The van der Waals surface area contributed by atoms with Crippen molar-refractivity contribution in [2.45, 2.75) is 0 Å². The molecular formula is C16H12. The molecule has 0 fully saturated rings. The van der Waals surface area contributed by atoms with Crippen molar-refractivity contribution in [1.82, 2.24) is 0 Å². The van der Waals surface area contributed by atoms with Crippen LogP contribution in [-0.4, -0.2) is 0 Å². The van der Waals surface area contributed by atoms with E-state index in [2.05, 4.69) is 0 Å². The fourth-order valence-corrected chi connectivity index (χ4v) is 1.83. The third kappa shape index (κ3) is 1.49. The zero-order chi connectivity index (χ0) is 15.1. The predicted octanol–water partition coefficient (Wildman–Crippen LogP) is 4.46. The van der Waals surface area contributed by atoms with Gasteiger partial charge in [-0.2, -0.15) is 0 Å². The van der Waals surface area contributed by atoms with Crippen LogP contribution >= 0.6 is 0 Å². The van der Waals surface area contributed by atoms with Gasteiger partial charge in [0, 0.05) is 0 Å². The van der Waals surface area contributed by atoms with E-state index >= 15 is 0 Å². The van der Waals surface area contributed by atoms with Crippen LogP contribution in [0, 0.1) is 0 Å². The Balaban J connectivity index is 2.41. The second-order valence-corrected chi connectivity index (χ2v) is 3.53. The van der Waals surface area contributed by atoms with Gasteiger partial charge < -0.3 is 0 Å². The maximum Gasteiger partial charge on any atom is 0.0629 e. The molecule has 2 aliphatic carbocycles. The Morgan fingerprint density at radius 3 is 2.12 bits per heavy atom. The van der Waals surface area contributed by atoms with Crippen molar-refractivity contribution in [1.29, 1.82) is 0 Å². The number of rotatable bonds is 1. The second-order valence-electron chi connectivity index (χ2n) is 3.53. The molecule has 0 amide bonds. The molecule has 16 heavy (non-hydrogen) atoms. The quantitative estimate of drug-likeness (QED) is 0.555. The Morgan fingerprint density at radius 2 is 1.25 bits per heavy atom. The topological polar surface area (TPSA) is 0 Å². The third-order valence-electron chi connectivity index (χ3n) is 2.56. The van der Waals surface area contributed by atoms with Crippen LogP contribution in [0.5, 0.6) is 0 Å². The highest BCUT2D eigenvalue weighted by Crippen LogP contribution is 2.32. The largest absolute Gasteiger partial charge is 0.0629 e. The Morgan fingerprint density at radius 1 is 0.625 bits per heavy atom. The van der Waals surface area contributed by atoms with Crippen LogP contribution in [0.15, 0.2) is 72.7 Å². The molecule has 0 heteroatoms. The third-order valence-corrected chi connectivity index (χ3v) is 2.56. The molecule has 2 aliphatic rings. The maximum atomic E-state index is 8.09. The van der Waals surface area contributed by atoms with Crippen molar-refractivity contribution in [3.63, 3.8) is 0 Å². The lowest BCUT2D eigenvalue weighted by molar-refractivity contribution is 1.66. The van der Waals surface area contributed by atoms with Gasteiger partial charge in [-0.05, 0) is 22.3 Å². The molecule has 0 bridgehead atoms. The van der Waals surface area contributed by atoms with Crippen LogP contribution in [0.25, 0.3) is 22.3 Å². The molecule has 0 N–H and O–H groups in total. The average Bonchev–Trinajstić information content (AvgIpc) is 2.85. The van der Waals surface area contributed by atoms with E-state index in [4.69, 9.17) is 6.85 Å². The minimum Gasteiger partial charge on any atom is -0.0622 e. The SMILES string of the molecule is [2H]c1c([2H])c([2H])c(-c2ccccc3cccc2-3)c([2H])c1[2H].